The van der Waals surface area contributed by atoms with E-state index in [2.05, 4.69) is 64.4 Å². The van der Waals surface area contributed by atoms with Crippen molar-refractivity contribution in [1.82, 2.24) is 0 Å². The Bertz CT molecular complexity index is 417. The van der Waals surface area contributed by atoms with E-state index in [1.54, 1.807) is 0 Å². The van der Waals surface area contributed by atoms with Crippen LogP contribution in [0.1, 0.15) is 11.1 Å². The summed E-state index contributed by atoms with van der Waals surface area (Å²) < 4.78 is 6.39. The van der Waals surface area contributed by atoms with Gasteiger partial charge in [0, 0.05) is 0 Å². The molecule has 1 aromatic rings. The summed E-state index contributed by atoms with van der Waals surface area (Å²) in [6.07, 6.45) is 1.91. The van der Waals surface area contributed by atoms with Crippen molar-refractivity contribution in [1.29, 1.82) is 0 Å². The molecule has 0 atom stereocenters. The van der Waals surface area contributed by atoms with Gasteiger partial charge in [0.15, 0.2) is 8.32 Å². The van der Waals surface area contributed by atoms with Crippen LogP contribution in [-0.4, -0.2) is 16.6 Å². The minimum atomic E-state index is -1.75. The Morgan fingerprint density at radius 1 is 1.12 bits per heavy atom. The molecule has 1 aromatic carbocycles. The van der Waals surface area contributed by atoms with Gasteiger partial charge in [-0.1, -0.05) is 30.9 Å². The Morgan fingerprint density at radius 3 is 2.12 bits per heavy atom. The molecule has 1 rings (SSSR count). The maximum atomic E-state index is 6.39. The first kappa shape index (κ1) is 14.4. The first-order chi connectivity index (χ1) is 7.65. The van der Waals surface area contributed by atoms with Gasteiger partial charge in [-0.3, -0.25) is 0 Å². The van der Waals surface area contributed by atoms with Gasteiger partial charge in [0.1, 0.15) is 0 Å². The molecule has 0 amide bonds. The van der Waals surface area contributed by atoms with Gasteiger partial charge in [-0.25, -0.2) is 0 Å². The number of benzene rings is 1. The Kier molecular flexibility index (Phi) is 4.17. The lowest BCUT2D eigenvalue weighted by molar-refractivity contribution is 0.566. The van der Waals surface area contributed by atoms with Crippen LogP contribution >= 0.6 is 0 Å². The fraction of sp³-hybridized carbons (Fsp3) is 0.429. The predicted octanol–water partition coefficient (Wildman–Crippen LogP) is 3.90. The summed E-state index contributed by atoms with van der Waals surface area (Å²) in [5.74, 6) is 0. The first-order valence-electron chi connectivity index (χ1n) is 6.09. The first-order valence-corrected chi connectivity index (χ1v) is 12.4. The van der Waals surface area contributed by atoms with Crippen molar-refractivity contribution in [2.75, 3.05) is 0 Å². The molecule has 0 saturated carbocycles. The van der Waals surface area contributed by atoms with Crippen LogP contribution in [0, 0.1) is 6.92 Å². The molecule has 0 unspecified atom stereocenters. The van der Waals surface area contributed by atoms with Crippen LogP contribution in [0.25, 0.3) is 6.08 Å². The molecule has 0 aliphatic heterocycles. The van der Waals surface area contributed by atoms with Crippen LogP contribution in [0.5, 0.6) is 0 Å². The largest absolute Gasteiger partial charge is 0.452 e. The Hall–Kier alpha value is -0.646. The molecule has 3 heteroatoms. The second kappa shape index (κ2) is 4.92. The SMILES string of the molecule is C=Cc1ccc([Si](C)(C)O[Si](C)(C)C)cc1C. The molecule has 17 heavy (non-hydrogen) atoms. The van der Waals surface area contributed by atoms with Crippen LogP contribution in [0.2, 0.25) is 32.7 Å². The molecule has 0 fully saturated rings. The smallest absolute Gasteiger partial charge is 0.205 e. The minimum absolute atomic E-state index is 1.21. The van der Waals surface area contributed by atoms with Gasteiger partial charge in [0.05, 0.1) is 0 Å². The number of hydrogen-bond acceptors (Lipinski definition) is 1. The highest BCUT2D eigenvalue weighted by atomic mass is 28.4. The molecule has 0 spiro atoms. The van der Waals surface area contributed by atoms with Crippen molar-refractivity contribution < 1.29 is 4.12 Å². The maximum Gasteiger partial charge on any atom is 0.205 e. The number of hydrogen-bond donors (Lipinski definition) is 0. The Morgan fingerprint density at radius 2 is 1.71 bits per heavy atom. The lowest BCUT2D eigenvalue weighted by Gasteiger charge is -2.32. The third kappa shape index (κ3) is 3.94. The Labute approximate surface area is 108 Å². The molecular formula is C14H24OSi2. The van der Waals surface area contributed by atoms with Gasteiger partial charge < -0.3 is 4.12 Å². The summed E-state index contributed by atoms with van der Waals surface area (Å²) in [5, 5.41) is 1.38. The van der Waals surface area contributed by atoms with Crippen molar-refractivity contribution in [2.45, 2.75) is 39.7 Å². The zero-order valence-corrected chi connectivity index (χ0v) is 13.9. The highest BCUT2D eigenvalue weighted by Gasteiger charge is 2.31. The lowest BCUT2D eigenvalue weighted by Crippen LogP contribution is -2.51. The molecule has 0 heterocycles. The van der Waals surface area contributed by atoms with Crippen LogP contribution in [0.15, 0.2) is 24.8 Å². The summed E-state index contributed by atoms with van der Waals surface area (Å²) >= 11 is 0. The van der Waals surface area contributed by atoms with E-state index in [4.69, 9.17) is 4.12 Å². The lowest BCUT2D eigenvalue weighted by atomic mass is 10.1. The summed E-state index contributed by atoms with van der Waals surface area (Å²) in [5.41, 5.74) is 2.50. The fourth-order valence-electron chi connectivity index (χ4n) is 2.10. The van der Waals surface area contributed by atoms with Crippen LogP contribution < -0.4 is 5.19 Å². The minimum Gasteiger partial charge on any atom is -0.452 e. The van der Waals surface area contributed by atoms with E-state index in [1.807, 2.05) is 6.08 Å². The summed E-state index contributed by atoms with van der Waals surface area (Å²) in [6.45, 7) is 17.3. The second-order valence-corrected chi connectivity index (χ2v) is 14.6. The molecule has 0 radical (unpaired) electrons. The van der Waals surface area contributed by atoms with Crippen molar-refractivity contribution in [3.8, 4) is 0 Å². The predicted molar refractivity (Wildman–Crippen MR) is 82.8 cm³/mol. The monoisotopic (exact) mass is 264 g/mol. The van der Waals surface area contributed by atoms with Crippen molar-refractivity contribution in [3.63, 3.8) is 0 Å². The third-order valence-corrected chi connectivity index (χ3v) is 8.94. The van der Waals surface area contributed by atoms with Crippen molar-refractivity contribution in [2.24, 2.45) is 0 Å². The van der Waals surface area contributed by atoms with Crippen LogP contribution in [0.4, 0.5) is 0 Å². The normalized spacial score (nSPS) is 12.6. The Balaban J connectivity index is 3.07. The summed E-state index contributed by atoms with van der Waals surface area (Å²) in [6, 6.07) is 6.62. The van der Waals surface area contributed by atoms with Crippen LogP contribution in [0.3, 0.4) is 0 Å². The molecule has 0 aromatic heterocycles. The van der Waals surface area contributed by atoms with Gasteiger partial charge in [-0.05, 0) is 56.0 Å². The molecule has 0 N–H and O–H groups in total. The molecule has 1 nitrogen and oxygen atoms in total. The van der Waals surface area contributed by atoms with E-state index in [9.17, 15) is 0 Å². The molecule has 94 valence electrons. The van der Waals surface area contributed by atoms with Gasteiger partial charge in [-0.2, -0.15) is 0 Å². The molecule has 0 bridgehead atoms. The third-order valence-electron chi connectivity index (χ3n) is 2.75. The highest BCUT2D eigenvalue weighted by Crippen LogP contribution is 2.16. The van der Waals surface area contributed by atoms with Gasteiger partial charge in [-0.15, -0.1) is 0 Å². The topological polar surface area (TPSA) is 9.23 Å². The molecule has 0 aliphatic carbocycles. The highest BCUT2D eigenvalue weighted by molar-refractivity contribution is 6.92. The quantitative estimate of drug-likeness (QED) is 0.749. The van der Waals surface area contributed by atoms with Gasteiger partial charge in [0.25, 0.3) is 0 Å². The number of rotatable bonds is 4. The average molecular weight is 265 g/mol. The van der Waals surface area contributed by atoms with E-state index in [0.29, 0.717) is 0 Å². The van der Waals surface area contributed by atoms with Gasteiger partial charge in [0.2, 0.25) is 8.32 Å². The second-order valence-electron chi connectivity index (χ2n) is 6.00. The molecule has 0 aliphatic rings. The van der Waals surface area contributed by atoms with E-state index < -0.39 is 16.6 Å². The standard InChI is InChI=1S/C14H24OSi2/c1-8-13-9-10-14(11-12(13)2)17(6,7)15-16(3,4)5/h8-11H,1H2,2-7H3. The van der Waals surface area contributed by atoms with E-state index >= 15 is 0 Å². The van der Waals surface area contributed by atoms with Crippen LogP contribution in [-0.2, 0) is 4.12 Å². The van der Waals surface area contributed by atoms with E-state index in [1.165, 1.54) is 16.3 Å². The van der Waals surface area contributed by atoms with E-state index in [0.717, 1.165) is 0 Å². The zero-order chi connectivity index (χ0) is 13.3. The summed E-state index contributed by atoms with van der Waals surface area (Å²) in [4.78, 5) is 0. The molecular weight excluding hydrogens is 240 g/mol. The summed E-state index contributed by atoms with van der Waals surface area (Å²) in [7, 11) is -3.23. The zero-order valence-electron chi connectivity index (χ0n) is 11.9. The number of aryl methyl sites for hydroxylation is 1. The molecule has 0 saturated heterocycles. The maximum absolute atomic E-state index is 6.39. The average Bonchev–Trinajstić information content (AvgIpc) is 2.13. The van der Waals surface area contributed by atoms with Crippen molar-refractivity contribution in [3.05, 3.63) is 35.9 Å². The van der Waals surface area contributed by atoms with E-state index in [-0.39, 0.29) is 0 Å². The van der Waals surface area contributed by atoms with Crippen molar-refractivity contribution >= 4 is 27.9 Å². The van der Waals surface area contributed by atoms with Gasteiger partial charge >= 0.3 is 0 Å². The fourth-order valence-corrected chi connectivity index (χ4v) is 9.75.